The smallest absolute Gasteiger partial charge is 0.126 e. The highest BCUT2D eigenvalue weighted by molar-refractivity contribution is 5.45. The van der Waals surface area contributed by atoms with Gasteiger partial charge in [0.25, 0.3) is 0 Å². The molecule has 1 fully saturated rings. The summed E-state index contributed by atoms with van der Waals surface area (Å²) in [5.74, 6) is 0.850. The van der Waals surface area contributed by atoms with Gasteiger partial charge in [0.15, 0.2) is 0 Å². The second-order valence-electron chi connectivity index (χ2n) is 9.68. The van der Waals surface area contributed by atoms with Crippen LogP contribution in [0.3, 0.4) is 0 Å². The molecule has 4 heteroatoms. The number of nitrogens with zero attached hydrogens (tertiary/aromatic N) is 1. The molecule has 0 saturated carbocycles. The summed E-state index contributed by atoms with van der Waals surface area (Å²) < 4.78 is 6.51. The summed E-state index contributed by atoms with van der Waals surface area (Å²) in [6.07, 6.45) is 5.06. The predicted octanol–water partition coefficient (Wildman–Crippen LogP) is 4.18. The van der Waals surface area contributed by atoms with Gasteiger partial charge >= 0.3 is 0 Å². The standard InChI is InChI=1S/C26H33NO3/c1-17-12-22-23(28)15-26(30-25(22)13-18(17)2)8-10-27(11-9-26)16-24(29)21-7-6-19-4-3-5-20(19)14-21/h6-7,12-14,23-24,28-29H,3-5,8-11,15-16H2,1-2H3/t23-,24-/m0/s1. The average molecular weight is 408 g/mol. The molecule has 30 heavy (non-hydrogen) atoms. The minimum atomic E-state index is -0.461. The number of hydrogen-bond acceptors (Lipinski definition) is 4. The van der Waals surface area contributed by atoms with E-state index in [1.807, 2.05) is 0 Å². The Labute approximate surface area is 179 Å². The molecule has 0 bridgehead atoms. The molecular formula is C26H33NO3. The molecule has 4 nitrogen and oxygen atoms in total. The molecule has 2 aromatic carbocycles. The van der Waals surface area contributed by atoms with Crippen molar-refractivity contribution in [2.75, 3.05) is 19.6 Å². The van der Waals surface area contributed by atoms with Crippen molar-refractivity contribution >= 4 is 0 Å². The minimum Gasteiger partial charge on any atom is -0.487 e. The Morgan fingerprint density at radius 1 is 1.07 bits per heavy atom. The Balaban J connectivity index is 1.23. The van der Waals surface area contributed by atoms with Crippen LogP contribution in [0, 0.1) is 13.8 Å². The third kappa shape index (κ3) is 3.66. The Kier molecular flexibility index (Phi) is 5.12. The normalized spacial score (nSPS) is 23.7. The van der Waals surface area contributed by atoms with E-state index >= 15 is 0 Å². The van der Waals surface area contributed by atoms with E-state index in [1.165, 1.54) is 35.1 Å². The van der Waals surface area contributed by atoms with E-state index in [0.29, 0.717) is 13.0 Å². The van der Waals surface area contributed by atoms with Crippen molar-refractivity contribution in [3.8, 4) is 5.75 Å². The van der Waals surface area contributed by atoms with Crippen LogP contribution >= 0.6 is 0 Å². The molecule has 160 valence electrons. The van der Waals surface area contributed by atoms with Gasteiger partial charge in [0.1, 0.15) is 11.4 Å². The molecule has 0 radical (unpaired) electrons. The van der Waals surface area contributed by atoms with Crippen LogP contribution in [0.15, 0.2) is 30.3 Å². The highest BCUT2D eigenvalue weighted by Crippen LogP contribution is 2.45. The van der Waals surface area contributed by atoms with E-state index < -0.39 is 12.2 Å². The number of likely N-dealkylation sites (tertiary alicyclic amines) is 1. The van der Waals surface area contributed by atoms with Crippen molar-refractivity contribution in [3.63, 3.8) is 0 Å². The molecule has 0 aromatic heterocycles. The van der Waals surface area contributed by atoms with E-state index in [9.17, 15) is 10.2 Å². The van der Waals surface area contributed by atoms with Gasteiger partial charge in [0, 0.05) is 31.6 Å². The molecule has 0 amide bonds. The number of hydrogen-bond donors (Lipinski definition) is 2. The summed E-state index contributed by atoms with van der Waals surface area (Å²) in [6, 6.07) is 10.7. The van der Waals surface area contributed by atoms with E-state index in [0.717, 1.165) is 49.2 Å². The van der Waals surface area contributed by atoms with Crippen molar-refractivity contribution in [1.29, 1.82) is 0 Å². The van der Waals surface area contributed by atoms with E-state index in [1.54, 1.807) is 0 Å². The van der Waals surface area contributed by atoms with Crippen molar-refractivity contribution < 1.29 is 14.9 Å². The molecular weight excluding hydrogens is 374 g/mol. The van der Waals surface area contributed by atoms with Gasteiger partial charge in [0.2, 0.25) is 0 Å². The quantitative estimate of drug-likeness (QED) is 0.802. The summed E-state index contributed by atoms with van der Waals surface area (Å²) in [5.41, 5.74) is 6.94. The highest BCUT2D eigenvalue weighted by Gasteiger charge is 2.43. The molecule has 1 aliphatic carbocycles. The fourth-order valence-electron chi connectivity index (χ4n) is 5.50. The maximum absolute atomic E-state index is 10.8. The van der Waals surface area contributed by atoms with Gasteiger partial charge in [-0.2, -0.15) is 0 Å². The fraction of sp³-hybridized carbons (Fsp3) is 0.538. The van der Waals surface area contributed by atoms with Crippen molar-refractivity contribution in [2.45, 2.75) is 70.2 Å². The van der Waals surface area contributed by atoms with Gasteiger partial charge in [-0.25, -0.2) is 0 Å². The molecule has 2 atom stereocenters. The Bertz CT molecular complexity index is 946. The molecule has 1 saturated heterocycles. The van der Waals surface area contributed by atoms with Crippen molar-refractivity contribution in [3.05, 3.63) is 63.7 Å². The maximum Gasteiger partial charge on any atom is 0.126 e. The maximum atomic E-state index is 10.8. The van der Waals surface area contributed by atoms with Crippen LogP contribution in [-0.4, -0.2) is 40.3 Å². The SMILES string of the molecule is Cc1cc2c(cc1C)[C@@H](O)CC1(CCN(C[C@H](O)c3ccc4c(c3)CCC4)CC1)O2. The van der Waals surface area contributed by atoms with Gasteiger partial charge in [-0.05, 0) is 85.9 Å². The Morgan fingerprint density at radius 2 is 1.80 bits per heavy atom. The first-order valence-electron chi connectivity index (χ1n) is 11.4. The van der Waals surface area contributed by atoms with Crippen LogP contribution in [0.1, 0.15) is 71.3 Å². The molecule has 2 heterocycles. The third-order valence-electron chi connectivity index (χ3n) is 7.58. The van der Waals surface area contributed by atoms with Gasteiger partial charge < -0.3 is 19.8 Å². The molecule has 0 unspecified atom stereocenters. The lowest BCUT2D eigenvalue weighted by Crippen LogP contribution is -2.51. The van der Waals surface area contributed by atoms with Crippen LogP contribution in [-0.2, 0) is 12.8 Å². The number of fused-ring (bicyclic) bond motifs is 2. The number of aliphatic hydroxyl groups is 2. The second kappa shape index (κ2) is 7.67. The molecule has 1 spiro atoms. The number of aryl methyl sites for hydroxylation is 4. The van der Waals surface area contributed by atoms with E-state index in [2.05, 4.69) is 49.1 Å². The first-order chi connectivity index (χ1) is 14.4. The van der Waals surface area contributed by atoms with Crippen LogP contribution in [0.2, 0.25) is 0 Å². The van der Waals surface area contributed by atoms with Gasteiger partial charge in [-0.15, -0.1) is 0 Å². The number of piperidine rings is 1. The van der Waals surface area contributed by atoms with E-state index in [4.69, 9.17) is 4.74 Å². The number of rotatable bonds is 3. The van der Waals surface area contributed by atoms with Crippen molar-refractivity contribution in [2.24, 2.45) is 0 Å². The van der Waals surface area contributed by atoms with Gasteiger partial charge in [0.05, 0.1) is 12.2 Å². The lowest BCUT2D eigenvalue weighted by molar-refractivity contribution is -0.0588. The number of ether oxygens (including phenoxy) is 1. The van der Waals surface area contributed by atoms with Gasteiger partial charge in [-0.3, -0.25) is 0 Å². The zero-order chi connectivity index (χ0) is 20.9. The Morgan fingerprint density at radius 3 is 2.60 bits per heavy atom. The molecule has 2 aliphatic heterocycles. The minimum absolute atomic E-state index is 0.289. The lowest BCUT2D eigenvalue weighted by Gasteiger charge is -2.46. The first-order valence-corrected chi connectivity index (χ1v) is 11.4. The van der Waals surface area contributed by atoms with Crippen LogP contribution in [0.25, 0.3) is 0 Å². The topological polar surface area (TPSA) is 52.9 Å². The van der Waals surface area contributed by atoms with Gasteiger partial charge in [-0.1, -0.05) is 18.2 Å². The van der Waals surface area contributed by atoms with Crippen molar-refractivity contribution in [1.82, 2.24) is 4.90 Å². The van der Waals surface area contributed by atoms with Crippen LogP contribution < -0.4 is 4.74 Å². The zero-order valence-corrected chi connectivity index (χ0v) is 18.2. The number of β-amino-alcohol motifs (C(OH)–C–C–N with tert-alkyl or cyclic N) is 1. The summed E-state index contributed by atoms with van der Waals surface area (Å²) in [6.45, 7) is 6.60. The second-order valence-corrected chi connectivity index (χ2v) is 9.68. The predicted molar refractivity (Wildman–Crippen MR) is 118 cm³/mol. The summed E-state index contributed by atoms with van der Waals surface area (Å²) in [5, 5.41) is 21.6. The lowest BCUT2D eigenvalue weighted by atomic mass is 9.81. The highest BCUT2D eigenvalue weighted by atomic mass is 16.5. The third-order valence-corrected chi connectivity index (χ3v) is 7.58. The van der Waals surface area contributed by atoms with Crippen LogP contribution in [0.4, 0.5) is 0 Å². The summed E-state index contributed by atoms with van der Waals surface area (Å²) in [7, 11) is 0. The number of aliphatic hydroxyl groups excluding tert-OH is 2. The largest absolute Gasteiger partial charge is 0.487 e. The molecule has 2 N–H and O–H groups in total. The average Bonchev–Trinajstić information content (AvgIpc) is 3.19. The summed E-state index contributed by atoms with van der Waals surface area (Å²) >= 11 is 0. The molecule has 5 rings (SSSR count). The molecule has 3 aliphatic rings. The van der Waals surface area contributed by atoms with E-state index in [-0.39, 0.29) is 5.60 Å². The molecule has 2 aromatic rings. The first kappa shape index (κ1) is 20.0. The fourth-order valence-corrected chi connectivity index (χ4v) is 5.50. The monoisotopic (exact) mass is 407 g/mol. The Hall–Kier alpha value is -1.88. The van der Waals surface area contributed by atoms with Crippen LogP contribution in [0.5, 0.6) is 5.75 Å². The number of benzene rings is 2. The summed E-state index contributed by atoms with van der Waals surface area (Å²) in [4.78, 5) is 2.34. The zero-order valence-electron chi connectivity index (χ0n) is 18.2.